The normalized spacial score (nSPS) is 10.2. The molecule has 1 aromatic carbocycles. The molecule has 6 heteroatoms. The molecular weight excluding hydrogens is 322 g/mol. The zero-order chi connectivity index (χ0) is 14.5. The van der Waals surface area contributed by atoms with Crippen LogP contribution >= 0.6 is 15.9 Å². The Balaban J connectivity index is 1.94. The Hall–Kier alpha value is -2.08. The second kappa shape index (κ2) is 6.38. The number of nitrogen functional groups attached to an aromatic ring is 1. The summed E-state index contributed by atoms with van der Waals surface area (Å²) in [5, 5.41) is 2.76. The van der Waals surface area contributed by atoms with E-state index in [-0.39, 0.29) is 18.0 Å². The molecule has 0 saturated heterocycles. The molecule has 0 bridgehead atoms. The Labute approximate surface area is 124 Å². The second-order valence-electron chi connectivity index (χ2n) is 4.33. The SMILES string of the molecule is Nc1ccc(=O)n(CC(=O)NCc2ccc(Br)cc2)c1. The zero-order valence-electron chi connectivity index (χ0n) is 10.7. The number of anilines is 1. The summed E-state index contributed by atoms with van der Waals surface area (Å²) in [6.45, 7) is 0.379. The molecule has 1 heterocycles. The summed E-state index contributed by atoms with van der Waals surface area (Å²) in [6.07, 6.45) is 1.46. The van der Waals surface area contributed by atoms with Gasteiger partial charge in [0.2, 0.25) is 5.91 Å². The van der Waals surface area contributed by atoms with Gasteiger partial charge in [-0.15, -0.1) is 0 Å². The third-order valence-electron chi connectivity index (χ3n) is 2.72. The molecule has 0 aliphatic carbocycles. The first kappa shape index (κ1) is 14.3. The van der Waals surface area contributed by atoms with Gasteiger partial charge in [0, 0.05) is 29.0 Å². The van der Waals surface area contributed by atoms with E-state index >= 15 is 0 Å². The lowest BCUT2D eigenvalue weighted by molar-refractivity contribution is -0.121. The van der Waals surface area contributed by atoms with E-state index < -0.39 is 0 Å². The molecule has 0 unspecified atom stereocenters. The van der Waals surface area contributed by atoms with Gasteiger partial charge < -0.3 is 15.6 Å². The van der Waals surface area contributed by atoms with Crippen molar-refractivity contribution in [2.24, 2.45) is 0 Å². The average Bonchev–Trinajstić information content (AvgIpc) is 2.42. The summed E-state index contributed by atoms with van der Waals surface area (Å²) < 4.78 is 2.27. The highest BCUT2D eigenvalue weighted by molar-refractivity contribution is 9.10. The van der Waals surface area contributed by atoms with Crippen LogP contribution in [0.3, 0.4) is 0 Å². The number of nitrogens with zero attached hydrogens (tertiary/aromatic N) is 1. The molecule has 0 aliphatic heterocycles. The van der Waals surface area contributed by atoms with Crippen molar-refractivity contribution in [1.82, 2.24) is 9.88 Å². The maximum absolute atomic E-state index is 11.8. The molecule has 1 aromatic heterocycles. The average molecular weight is 336 g/mol. The zero-order valence-corrected chi connectivity index (χ0v) is 12.3. The van der Waals surface area contributed by atoms with E-state index in [0.717, 1.165) is 10.0 Å². The van der Waals surface area contributed by atoms with Crippen LogP contribution in [-0.2, 0) is 17.9 Å². The summed E-state index contributed by atoms with van der Waals surface area (Å²) in [4.78, 5) is 23.3. The van der Waals surface area contributed by atoms with E-state index in [2.05, 4.69) is 21.2 Å². The molecule has 0 radical (unpaired) electrons. The number of benzene rings is 1. The molecule has 3 N–H and O–H groups in total. The number of hydrogen-bond acceptors (Lipinski definition) is 3. The van der Waals surface area contributed by atoms with Crippen molar-refractivity contribution < 1.29 is 4.79 Å². The number of carbonyl (C=O) groups excluding carboxylic acids is 1. The number of halogens is 1. The predicted molar refractivity (Wildman–Crippen MR) is 81.1 cm³/mol. The van der Waals surface area contributed by atoms with Gasteiger partial charge in [-0.1, -0.05) is 28.1 Å². The number of hydrogen-bond donors (Lipinski definition) is 2. The van der Waals surface area contributed by atoms with Crippen LogP contribution in [0.5, 0.6) is 0 Å². The minimum Gasteiger partial charge on any atom is -0.398 e. The van der Waals surface area contributed by atoms with E-state index in [9.17, 15) is 9.59 Å². The molecule has 2 rings (SSSR count). The number of nitrogens with two attached hydrogens (primary N) is 1. The third kappa shape index (κ3) is 3.96. The Kier molecular flexibility index (Phi) is 4.57. The van der Waals surface area contributed by atoms with Crippen molar-refractivity contribution in [1.29, 1.82) is 0 Å². The van der Waals surface area contributed by atoms with E-state index in [1.165, 1.54) is 22.9 Å². The molecule has 1 amide bonds. The Morgan fingerprint density at radius 2 is 1.90 bits per heavy atom. The maximum atomic E-state index is 11.8. The first-order valence-corrected chi connectivity index (χ1v) is 6.81. The van der Waals surface area contributed by atoms with Gasteiger partial charge in [-0.3, -0.25) is 9.59 Å². The van der Waals surface area contributed by atoms with Crippen molar-refractivity contribution in [2.75, 3.05) is 5.73 Å². The Morgan fingerprint density at radius 3 is 2.60 bits per heavy atom. The van der Waals surface area contributed by atoms with Crippen molar-refractivity contribution in [3.63, 3.8) is 0 Å². The smallest absolute Gasteiger partial charge is 0.251 e. The molecular formula is C14H14BrN3O2. The molecule has 0 atom stereocenters. The van der Waals surface area contributed by atoms with Crippen molar-refractivity contribution >= 4 is 27.5 Å². The summed E-state index contributed by atoms with van der Waals surface area (Å²) in [7, 11) is 0. The minimum absolute atomic E-state index is 0.0413. The summed E-state index contributed by atoms with van der Waals surface area (Å²) >= 11 is 3.35. The number of amides is 1. The van der Waals surface area contributed by atoms with Gasteiger partial charge in [0.05, 0.1) is 0 Å². The van der Waals surface area contributed by atoms with E-state index in [0.29, 0.717) is 12.2 Å². The monoisotopic (exact) mass is 335 g/mol. The first-order valence-electron chi connectivity index (χ1n) is 6.02. The third-order valence-corrected chi connectivity index (χ3v) is 3.25. The van der Waals surface area contributed by atoms with Gasteiger partial charge in [-0.25, -0.2) is 0 Å². The predicted octanol–water partition coefficient (Wildman–Crippen LogP) is 1.51. The molecule has 0 fully saturated rings. The molecule has 0 spiro atoms. The number of pyridine rings is 1. The highest BCUT2D eigenvalue weighted by atomic mass is 79.9. The molecule has 104 valence electrons. The lowest BCUT2D eigenvalue weighted by Crippen LogP contribution is -2.31. The van der Waals surface area contributed by atoms with Gasteiger partial charge in [0.25, 0.3) is 5.56 Å². The van der Waals surface area contributed by atoms with Crippen LogP contribution in [0.4, 0.5) is 5.69 Å². The van der Waals surface area contributed by atoms with Crippen LogP contribution in [0.25, 0.3) is 0 Å². The quantitative estimate of drug-likeness (QED) is 0.889. The van der Waals surface area contributed by atoms with Crippen LogP contribution in [0.2, 0.25) is 0 Å². The molecule has 2 aromatic rings. The number of carbonyl (C=O) groups is 1. The van der Waals surface area contributed by atoms with Crippen molar-refractivity contribution in [3.05, 3.63) is 63.0 Å². The molecule has 0 saturated carbocycles. The van der Waals surface area contributed by atoms with Gasteiger partial charge in [0.15, 0.2) is 0 Å². The van der Waals surface area contributed by atoms with Crippen LogP contribution in [0, 0.1) is 0 Å². The fourth-order valence-electron chi connectivity index (χ4n) is 1.69. The standard InChI is InChI=1S/C14H14BrN3O2/c15-11-3-1-10(2-4-11)7-17-13(19)9-18-8-12(16)5-6-14(18)20/h1-6,8H,7,9,16H2,(H,17,19). The maximum Gasteiger partial charge on any atom is 0.251 e. The van der Waals surface area contributed by atoms with Crippen LogP contribution in [0.15, 0.2) is 51.9 Å². The fraction of sp³-hybridized carbons (Fsp3) is 0.143. The second-order valence-corrected chi connectivity index (χ2v) is 5.25. The molecule has 5 nitrogen and oxygen atoms in total. The van der Waals surface area contributed by atoms with Crippen LogP contribution in [-0.4, -0.2) is 10.5 Å². The van der Waals surface area contributed by atoms with E-state index in [4.69, 9.17) is 5.73 Å². The van der Waals surface area contributed by atoms with Gasteiger partial charge in [-0.2, -0.15) is 0 Å². The molecule has 20 heavy (non-hydrogen) atoms. The minimum atomic E-state index is -0.252. The lowest BCUT2D eigenvalue weighted by Gasteiger charge is -2.08. The molecule has 0 aliphatic rings. The summed E-state index contributed by atoms with van der Waals surface area (Å²) in [6, 6.07) is 10.5. The van der Waals surface area contributed by atoms with Gasteiger partial charge in [-0.05, 0) is 23.8 Å². The Morgan fingerprint density at radius 1 is 1.20 bits per heavy atom. The topological polar surface area (TPSA) is 77.1 Å². The Bertz CT molecular complexity index is 665. The summed E-state index contributed by atoms with van der Waals surface area (Å²) in [5.41, 5.74) is 6.77. The largest absolute Gasteiger partial charge is 0.398 e. The number of nitrogens with one attached hydrogen (secondary N) is 1. The number of rotatable bonds is 4. The van der Waals surface area contributed by atoms with Crippen LogP contribution in [0.1, 0.15) is 5.56 Å². The van der Waals surface area contributed by atoms with Gasteiger partial charge in [0.1, 0.15) is 6.54 Å². The summed E-state index contributed by atoms with van der Waals surface area (Å²) in [5.74, 6) is -0.236. The van der Waals surface area contributed by atoms with E-state index in [1.807, 2.05) is 24.3 Å². The highest BCUT2D eigenvalue weighted by Gasteiger charge is 2.04. The number of aromatic nitrogens is 1. The lowest BCUT2D eigenvalue weighted by atomic mass is 10.2. The fourth-order valence-corrected chi connectivity index (χ4v) is 1.95. The first-order chi connectivity index (χ1) is 9.54. The van der Waals surface area contributed by atoms with Crippen LogP contribution < -0.4 is 16.6 Å². The van der Waals surface area contributed by atoms with Crippen molar-refractivity contribution in [3.8, 4) is 0 Å². The highest BCUT2D eigenvalue weighted by Crippen LogP contribution is 2.10. The van der Waals surface area contributed by atoms with Crippen molar-refractivity contribution in [2.45, 2.75) is 13.1 Å². The van der Waals surface area contributed by atoms with E-state index in [1.54, 1.807) is 0 Å². The van der Waals surface area contributed by atoms with Gasteiger partial charge >= 0.3 is 0 Å².